The molecule has 2 unspecified atom stereocenters. The highest BCUT2D eigenvalue weighted by molar-refractivity contribution is 5.70. The zero-order valence-corrected chi connectivity index (χ0v) is 13.4. The van der Waals surface area contributed by atoms with Crippen LogP contribution in [0, 0.1) is 5.82 Å². The number of cyclic esters (lactones) is 1. The molecular formula is C18H15F4NO3. The van der Waals surface area contributed by atoms with Gasteiger partial charge in [-0.25, -0.2) is 9.18 Å². The summed E-state index contributed by atoms with van der Waals surface area (Å²) in [6, 6.07) is 11.3. The summed E-state index contributed by atoms with van der Waals surface area (Å²) in [6.45, 7) is -1.38. The zero-order chi connectivity index (χ0) is 18.7. The van der Waals surface area contributed by atoms with E-state index < -0.39 is 36.8 Å². The molecule has 1 fully saturated rings. The average molecular weight is 369 g/mol. The van der Waals surface area contributed by atoms with Crippen LogP contribution < -0.4 is 10.1 Å². The van der Waals surface area contributed by atoms with Crippen LogP contribution in [0.4, 0.5) is 22.4 Å². The Morgan fingerprint density at radius 1 is 1.12 bits per heavy atom. The van der Waals surface area contributed by atoms with Crippen molar-refractivity contribution in [3.8, 4) is 5.75 Å². The van der Waals surface area contributed by atoms with E-state index in [4.69, 9.17) is 9.47 Å². The Bertz CT molecular complexity index is 777. The van der Waals surface area contributed by atoms with Gasteiger partial charge in [0, 0.05) is 0 Å². The first-order valence-corrected chi connectivity index (χ1v) is 7.81. The number of ether oxygens (including phenoxy) is 2. The van der Waals surface area contributed by atoms with Gasteiger partial charge in [0.15, 0.2) is 6.61 Å². The Hall–Kier alpha value is -2.77. The van der Waals surface area contributed by atoms with Gasteiger partial charge in [-0.15, -0.1) is 0 Å². The lowest BCUT2D eigenvalue weighted by molar-refractivity contribution is -0.153. The van der Waals surface area contributed by atoms with Crippen molar-refractivity contribution in [2.45, 2.75) is 24.7 Å². The number of alkyl carbamates (subject to hydrolysis) is 1. The van der Waals surface area contributed by atoms with Crippen LogP contribution >= 0.6 is 0 Å². The first-order valence-electron chi connectivity index (χ1n) is 7.81. The van der Waals surface area contributed by atoms with E-state index in [9.17, 15) is 22.4 Å². The number of benzene rings is 2. The number of hydrogen-bond acceptors (Lipinski definition) is 3. The first kappa shape index (κ1) is 18.0. The summed E-state index contributed by atoms with van der Waals surface area (Å²) in [6.07, 6.45) is -5.33. The molecular weight excluding hydrogens is 354 g/mol. The highest BCUT2D eigenvalue weighted by Gasteiger charge is 2.35. The molecule has 0 spiro atoms. The molecule has 1 N–H and O–H groups in total. The second-order valence-electron chi connectivity index (χ2n) is 5.88. The normalized spacial score (nSPS) is 19.8. The fraction of sp³-hybridized carbons (Fsp3) is 0.278. The summed E-state index contributed by atoms with van der Waals surface area (Å²) in [5, 5.41) is 2.67. The minimum Gasteiger partial charge on any atom is -0.484 e. The van der Waals surface area contributed by atoms with E-state index >= 15 is 0 Å². The maximum Gasteiger partial charge on any atom is 0.422 e. The molecule has 0 saturated carbocycles. The van der Waals surface area contributed by atoms with Gasteiger partial charge in [-0.05, 0) is 41.8 Å². The summed E-state index contributed by atoms with van der Waals surface area (Å²) in [5.41, 5.74) is 1.30. The van der Waals surface area contributed by atoms with Gasteiger partial charge >= 0.3 is 12.3 Å². The smallest absolute Gasteiger partial charge is 0.422 e. The molecule has 0 aromatic heterocycles. The summed E-state index contributed by atoms with van der Waals surface area (Å²) in [5.74, 6) is -0.319. The fourth-order valence-electron chi connectivity index (χ4n) is 2.75. The molecule has 2 aromatic rings. The molecule has 1 aliphatic rings. The lowest BCUT2D eigenvalue weighted by atomic mass is 9.97. The molecule has 0 aliphatic carbocycles. The summed E-state index contributed by atoms with van der Waals surface area (Å²) in [7, 11) is 0. The van der Waals surface area contributed by atoms with E-state index in [1.807, 2.05) is 0 Å². The van der Waals surface area contributed by atoms with Gasteiger partial charge in [-0.1, -0.05) is 24.3 Å². The van der Waals surface area contributed by atoms with Crippen molar-refractivity contribution in [2.75, 3.05) is 6.61 Å². The van der Waals surface area contributed by atoms with Crippen molar-refractivity contribution < 1.29 is 31.8 Å². The van der Waals surface area contributed by atoms with Crippen molar-refractivity contribution >= 4 is 6.09 Å². The molecule has 26 heavy (non-hydrogen) atoms. The number of carbonyl (C=O) groups excluding carboxylic acids is 1. The van der Waals surface area contributed by atoms with Crippen LogP contribution in [0.15, 0.2) is 48.5 Å². The van der Waals surface area contributed by atoms with Gasteiger partial charge in [0.05, 0.1) is 6.04 Å². The van der Waals surface area contributed by atoms with Crippen LogP contribution in [0.5, 0.6) is 5.75 Å². The Balaban J connectivity index is 1.72. The van der Waals surface area contributed by atoms with Gasteiger partial charge < -0.3 is 14.8 Å². The lowest BCUT2D eigenvalue weighted by Crippen LogP contribution is -2.30. The Morgan fingerprint density at radius 3 is 2.54 bits per heavy atom. The largest absolute Gasteiger partial charge is 0.484 e. The Labute approximate surface area is 146 Å². The van der Waals surface area contributed by atoms with Crippen LogP contribution in [0.1, 0.15) is 17.2 Å². The maximum atomic E-state index is 13.1. The first-order chi connectivity index (χ1) is 12.3. The number of hydrogen-bond donors (Lipinski definition) is 1. The van der Waals surface area contributed by atoms with Crippen LogP contribution in [0.25, 0.3) is 0 Å². The van der Waals surface area contributed by atoms with Crippen molar-refractivity contribution in [3.05, 3.63) is 65.5 Å². The van der Waals surface area contributed by atoms with Crippen LogP contribution in [0.3, 0.4) is 0 Å². The van der Waals surface area contributed by atoms with E-state index in [2.05, 4.69) is 5.32 Å². The van der Waals surface area contributed by atoms with Crippen molar-refractivity contribution in [1.82, 2.24) is 5.32 Å². The van der Waals surface area contributed by atoms with Gasteiger partial charge in [-0.2, -0.15) is 13.2 Å². The number of carbonyl (C=O) groups is 1. The van der Waals surface area contributed by atoms with E-state index in [1.165, 1.54) is 36.4 Å². The van der Waals surface area contributed by atoms with Crippen LogP contribution in [-0.2, 0) is 11.2 Å². The van der Waals surface area contributed by atoms with Crippen molar-refractivity contribution in [2.24, 2.45) is 0 Å². The molecule has 0 radical (unpaired) electrons. The third kappa shape index (κ3) is 4.65. The predicted octanol–water partition coefficient (Wildman–Crippen LogP) is 4.16. The van der Waals surface area contributed by atoms with Gasteiger partial charge in [0.25, 0.3) is 0 Å². The Kier molecular flexibility index (Phi) is 5.01. The second-order valence-corrected chi connectivity index (χ2v) is 5.88. The number of nitrogens with one attached hydrogen (secondary N) is 1. The molecule has 2 aromatic carbocycles. The van der Waals surface area contributed by atoms with Gasteiger partial charge in [0.1, 0.15) is 17.7 Å². The lowest BCUT2D eigenvalue weighted by Gasteiger charge is -2.18. The van der Waals surface area contributed by atoms with E-state index in [-0.39, 0.29) is 5.75 Å². The van der Waals surface area contributed by atoms with Crippen molar-refractivity contribution in [3.63, 3.8) is 0 Å². The van der Waals surface area contributed by atoms with Crippen LogP contribution in [0.2, 0.25) is 0 Å². The minimum absolute atomic E-state index is 0.0865. The molecule has 4 nitrogen and oxygen atoms in total. The summed E-state index contributed by atoms with van der Waals surface area (Å²) < 4.78 is 59.8. The Morgan fingerprint density at radius 2 is 1.85 bits per heavy atom. The third-order valence-electron chi connectivity index (χ3n) is 3.86. The van der Waals surface area contributed by atoms with E-state index in [0.29, 0.717) is 17.5 Å². The molecule has 1 saturated heterocycles. The molecule has 138 valence electrons. The predicted molar refractivity (Wildman–Crippen MR) is 84.2 cm³/mol. The summed E-state index contributed by atoms with van der Waals surface area (Å²) >= 11 is 0. The summed E-state index contributed by atoms with van der Waals surface area (Å²) in [4.78, 5) is 11.6. The fourth-order valence-corrected chi connectivity index (χ4v) is 2.75. The van der Waals surface area contributed by atoms with Gasteiger partial charge in [0.2, 0.25) is 0 Å². The third-order valence-corrected chi connectivity index (χ3v) is 3.86. The maximum absolute atomic E-state index is 13.1. The number of amides is 1. The topological polar surface area (TPSA) is 47.6 Å². The number of alkyl halides is 3. The van der Waals surface area contributed by atoms with E-state index in [0.717, 1.165) is 0 Å². The average Bonchev–Trinajstić information content (AvgIpc) is 2.94. The molecule has 8 heteroatoms. The molecule has 2 atom stereocenters. The highest BCUT2D eigenvalue weighted by Crippen LogP contribution is 2.29. The standard InChI is InChI=1S/C18H15F4NO3/c19-13-6-4-12(5-7-13)16-15(23-17(24)26-16)9-11-2-1-3-14(8-11)25-10-18(20,21)22/h1-8,15-16H,9-10H2,(H,23,24). The molecule has 0 bridgehead atoms. The molecule has 1 aliphatic heterocycles. The second kappa shape index (κ2) is 7.23. The van der Waals surface area contributed by atoms with Crippen molar-refractivity contribution in [1.29, 1.82) is 0 Å². The molecule has 1 amide bonds. The zero-order valence-electron chi connectivity index (χ0n) is 13.4. The monoisotopic (exact) mass is 369 g/mol. The number of rotatable bonds is 5. The number of halogens is 4. The van der Waals surface area contributed by atoms with E-state index in [1.54, 1.807) is 12.1 Å². The molecule has 1 heterocycles. The highest BCUT2D eigenvalue weighted by atomic mass is 19.4. The SMILES string of the molecule is O=C1NC(Cc2cccc(OCC(F)(F)F)c2)C(c2ccc(F)cc2)O1. The minimum atomic E-state index is -4.42. The van der Waals surface area contributed by atoms with Crippen LogP contribution in [-0.4, -0.2) is 24.9 Å². The van der Waals surface area contributed by atoms with Gasteiger partial charge in [-0.3, -0.25) is 0 Å². The quantitative estimate of drug-likeness (QED) is 0.805. The molecule has 3 rings (SSSR count).